The average molecular weight is 404 g/mol. The molecule has 5 nitrogen and oxygen atoms in total. The fourth-order valence-corrected chi connectivity index (χ4v) is 2.98. The van der Waals surface area contributed by atoms with Gasteiger partial charge >= 0.3 is 0 Å². The lowest BCUT2D eigenvalue weighted by Gasteiger charge is -2.09. The first kappa shape index (κ1) is 19.1. The van der Waals surface area contributed by atoms with E-state index >= 15 is 0 Å². The van der Waals surface area contributed by atoms with Crippen molar-refractivity contribution in [3.63, 3.8) is 0 Å². The van der Waals surface area contributed by atoms with Crippen molar-refractivity contribution >= 4 is 35.0 Å². The second kappa shape index (κ2) is 8.83. The van der Waals surface area contributed by atoms with Crippen molar-refractivity contribution in [3.05, 3.63) is 71.3 Å². The fourth-order valence-electron chi connectivity index (χ4n) is 2.10. The molecule has 0 fully saturated rings. The summed E-state index contributed by atoms with van der Waals surface area (Å²) in [6, 6.07) is 11.5. The van der Waals surface area contributed by atoms with Crippen LogP contribution in [0.5, 0.6) is 11.6 Å². The van der Waals surface area contributed by atoms with Gasteiger partial charge in [0.05, 0.1) is 10.8 Å². The van der Waals surface area contributed by atoms with Crippen LogP contribution >= 0.6 is 23.4 Å². The molecule has 0 atom stereocenters. The normalized spacial score (nSPS) is 10.5. The molecule has 8 heteroatoms. The van der Waals surface area contributed by atoms with E-state index in [0.29, 0.717) is 22.3 Å². The Labute approximate surface area is 164 Å². The number of nitrogens with zero attached hydrogens (tertiary/aromatic N) is 2. The molecule has 0 bridgehead atoms. The van der Waals surface area contributed by atoms with Crippen LogP contribution in [0, 0.1) is 12.7 Å². The van der Waals surface area contributed by atoms with Gasteiger partial charge in [0.2, 0.25) is 5.91 Å². The summed E-state index contributed by atoms with van der Waals surface area (Å²) >= 11 is 6.90. The maximum atomic E-state index is 13.2. The first-order valence-corrected chi connectivity index (χ1v) is 9.31. The fraction of sp³-hybridized carbons (Fsp3) is 0.105. The van der Waals surface area contributed by atoms with Gasteiger partial charge in [-0.3, -0.25) is 4.79 Å². The number of rotatable bonds is 6. The minimum Gasteiger partial charge on any atom is -0.437 e. The smallest absolute Gasteiger partial charge is 0.252 e. The molecule has 0 spiro atoms. The summed E-state index contributed by atoms with van der Waals surface area (Å²) < 4.78 is 18.9. The van der Waals surface area contributed by atoms with Gasteiger partial charge in [0.25, 0.3) is 5.88 Å². The first-order valence-electron chi connectivity index (χ1n) is 7.94. The van der Waals surface area contributed by atoms with Gasteiger partial charge in [0, 0.05) is 18.1 Å². The molecule has 0 aliphatic carbocycles. The maximum absolute atomic E-state index is 13.2. The number of ether oxygens (including phenoxy) is 1. The number of carbonyl (C=O) groups is 1. The average Bonchev–Trinajstić information content (AvgIpc) is 2.66. The Balaban J connectivity index is 1.62. The largest absolute Gasteiger partial charge is 0.437 e. The lowest BCUT2D eigenvalue weighted by molar-refractivity contribution is -0.113. The Morgan fingerprint density at radius 2 is 1.93 bits per heavy atom. The van der Waals surface area contributed by atoms with Crippen LogP contribution in [0.4, 0.5) is 10.1 Å². The van der Waals surface area contributed by atoms with Gasteiger partial charge in [-0.1, -0.05) is 41.1 Å². The molecular formula is C19H15ClFN3O2S. The van der Waals surface area contributed by atoms with Crippen LogP contribution in [-0.2, 0) is 4.79 Å². The SMILES string of the molecule is Cc1ccc(Oc2nccnc2SCC(=O)Nc2ccc(F)c(Cl)c2)cc1. The molecule has 0 aliphatic heterocycles. The third kappa shape index (κ3) is 5.42. The molecular weight excluding hydrogens is 389 g/mol. The molecule has 1 aromatic heterocycles. The van der Waals surface area contributed by atoms with Crippen LogP contribution in [0.3, 0.4) is 0 Å². The summed E-state index contributed by atoms with van der Waals surface area (Å²) in [4.78, 5) is 20.5. The van der Waals surface area contributed by atoms with Gasteiger partial charge in [0.15, 0.2) is 5.03 Å². The molecule has 3 aromatic rings. The van der Waals surface area contributed by atoms with Gasteiger partial charge in [-0.25, -0.2) is 14.4 Å². The zero-order valence-corrected chi connectivity index (χ0v) is 15.9. The molecule has 0 saturated carbocycles. The van der Waals surface area contributed by atoms with Gasteiger partial charge in [-0.05, 0) is 37.3 Å². The number of carbonyl (C=O) groups excluding carboxylic acids is 1. The van der Waals surface area contributed by atoms with Gasteiger partial charge < -0.3 is 10.1 Å². The molecule has 1 N–H and O–H groups in total. The second-order valence-electron chi connectivity index (χ2n) is 5.55. The van der Waals surface area contributed by atoms with E-state index in [2.05, 4.69) is 15.3 Å². The number of thioether (sulfide) groups is 1. The van der Waals surface area contributed by atoms with Crippen LogP contribution in [0.1, 0.15) is 5.56 Å². The second-order valence-corrected chi connectivity index (χ2v) is 6.92. The van der Waals surface area contributed by atoms with Crippen molar-refractivity contribution in [1.29, 1.82) is 0 Å². The monoisotopic (exact) mass is 403 g/mol. The lowest BCUT2D eigenvalue weighted by atomic mass is 10.2. The summed E-state index contributed by atoms with van der Waals surface area (Å²) in [7, 11) is 0. The highest BCUT2D eigenvalue weighted by atomic mass is 35.5. The number of nitrogens with one attached hydrogen (secondary N) is 1. The van der Waals surface area contributed by atoms with Crippen LogP contribution in [-0.4, -0.2) is 21.6 Å². The molecule has 0 aliphatic rings. The molecule has 0 unspecified atom stereocenters. The highest BCUT2D eigenvalue weighted by Gasteiger charge is 2.12. The first-order chi connectivity index (χ1) is 13.0. The third-order valence-corrected chi connectivity index (χ3v) is 4.66. The van der Waals surface area contributed by atoms with Crippen LogP contribution in [0.2, 0.25) is 5.02 Å². The van der Waals surface area contributed by atoms with Gasteiger partial charge in [-0.2, -0.15) is 0 Å². The van der Waals surface area contributed by atoms with Crippen molar-refractivity contribution in [1.82, 2.24) is 9.97 Å². The van der Waals surface area contributed by atoms with Gasteiger partial charge in [-0.15, -0.1) is 0 Å². The third-order valence-electron chi connectivity index (χ3n) is 3.41. The van der Waals surface area contributed by atoms with E-state index in [9.17, 15) is 9.18 Å². The van der Waals surface area contributed by atoms with Crippen molar-refractivity contribution in [2.75, 3.05) is 11.1 Å². The quantitative estimate of drug-likeness (QED) is 0.580. The summed E-state index contributed by atoms with van der Waals surface area (Å²) in [6.07, 6.45) is 3.05. The molecule has 3 rings (SSSR count). The molecule has 1 amide bonds. The zero-order chi connectivity index (χ0) is 19.2. The van der Waals surface area contributed by atoms with Crippen molar-refractivity contribution in [2.45, 2.75) is 11.9 Å². The molecule has 0 saturated heterocycles. The van der Waals surface area contributed by atoms with E-state index in [4.69, 9.17) is 16.3 Å². The van der Waals surface area contributed by atoms with E-state index in [1.807, 2.05) is 31.2 Å². The standard InChI is InChI=1S/C19H15ClFN3O2S/c1-12-2-5-14(6-3-12)26-18-19(23-9-8-22-18)27-11-17(25)24-13-4-7-16(21)15(20)10-13/h2-10H,11H2,1H3,(H,24,25). The van der Waals surface area contributed by atoms with Crippen molar-refractivity contribution in [2.24, 2.45) is 0 Å². The van der Waals surface area contributed by atoms with E-state index in [1.165, 1.54) is 42.4 Å². The predicted molar refractivity (Wildman–Crippen MR) is 104 cm³/mol. The van der Waals surface area contributed by atoms with E-state index in [1.54, 1.807) is 0 Å². The van der Waals surface area contributed by atoms with Crippen molar-refractivity contribution in [3.8, 4) is 11.6 Å². The lowest BCUT2D eigenvalue weighted by Crippen LogP contribution is -2.14. The maximum Gasteiger partial charge on any atom is 0.252 e. The number of amides is 1. The number of halogens is 2. The van der Waals surface area contributed by atoms with Gasteiger partial charge in [0.1, 0.15) is 11.6 Å². The summed E-state index contributed by atoms with van der Waals surface area (Å²) in [6.45, 7) is 1.99. The van der Waals surface area contributed by atoms with Crippen LogP contribution in [0.25, 0.3) is 0 Å². The molecule has 1 heterocycles. The topological polar surface area (TPSA) is 64.1 Å². The summed E-state index contributed by atoms with van der Waals surface area (Å²) in [5, 5.41) is 3.09. The zero-order valence-electron chi connectivity index (χ0n) is 14.3. The Hall–Kier alpha value is -2.64. The molecule has 138 valence electrons. The molecule has 2 aromatic carbocycles. The predicted octanol–water partition coefficient (Wildman–Crippen LogP) is 5.10. The number of hydrogen-bond donors (Lipinski definition) is 1. The van der Waals surface area contributed by atoms with Crippen molar-refractivity contribution < 1.29 is 13.9 Å². The van der Waals surface area contributed by atoms with E-state index < -0.39 is 5.82 Å². The van der Waals surface area contributed by atoms with Crippen LogP contribution < -0.4 is 10.1 Å². The van der Waals surface area contributed by atoms with E-state index in [0.717, 1.165) is 5.56 Å². The Bertz CT molecular complexity index is 954. The summed E-state index contributed by atoms with van der Waals surface area (Å²) in [5.41, 5.74) is 1.54. The highest BCUT2D eigenvalue weighted by Crippen LogP contribution is 2.29. The van der Waals surface area contributed by atoms with Crippen LogP contribution in [0.15, 0.2) is 59.9 Å². The Morgan fingerprint density at radius 3 is 2.67 bits per heavy atom. The number of aromatic nitrogens is 2. The minimum atomic E-state index is -0.540. The van der Waals surface area contributed by atoms with E-state index in [-0.39, 0.29) is 16.7 Å². The number of anilines is 1. The number of aryl methyl sites for hydroxylation is 1. The Kier molecular flexibility index (Phi) is 6.26. The summed E-state index contributed by atoms with van der Waals surface area (Å²) in [5.74, 6) is 0.214. The minimum absolute atomic E-state index is 0.0526. The molecule has 0 radical (unpaired) electrons. The number of benzene rings is 2. The molecule has 27 heavy (non-hydrogen) atoms. The number of hydrogen-bond acceptors (Lipinski definition) is 5. The highest BCUT2D eigenvalue weighted by molar-refractivity contribution is 8.00. The Morgan fingerprint density at radius 1 is 1.19 bits per heavy atom.